The smallest absolute Gasteiger partial charge is 0.243 e. The van der Waals surface area contributed by atoms with Crippen LogP contribution in [0, 0.1) is 37.9 Å². The molecule has 1 aliphatic rings. The standard InChI is InChI=1S/C49H61FN6O4S/c1-9-10-11-12-13-14-37(57)22-35-23-39(29(2)21-42(35)50)40-24-36-26-51-44(55-46(36)53-31(40)4)20-19-41(49(6,7)8)48(60)56-27-38(58)25-43(56)47(59)54-30(3)33-15-17-34(18-16-33)45-32(5)52-28-61-45/h15-18,21,23-24,26,28,30,38,41,43,58H,9-14,19-20,22,25,27H2,1-8H3,(H,54,59)/t30-,38+,41-,43-/m0/s1. The molecule has 5 aromatic rings. The van der Waals surface area contributed by atoms with Crippen molar-refractivity contribution < 1.29 is 23.9 Å². The number of thiazole rings is 1. The van der Waals surface area contributed by atoms with Crippen LogP contribution in [0.5, 0.6) is 0 Å². The van der Waals surface area contributed by atoms with Crippen LogP contribution in [0.2, 0.25) is 0 Å². The number of aromatic nitrogens is 4. The predicted molar refractivity (Wildman–Crippen MR) is 241 cm³/mol. The number of benzene rings is 2. The number of ketones is 1. The van der Waals surface area contributed by atoms with Gasteiger partial charge in [-0.05, 0) is 92.0 Å². The molecule has 324 valence electrons. The van der Waals surface area contributed by atoms with E-state index in [-0.39, 0.29) is 48.8 Å². The Morgan fingerprint density at radius 1 is 0.967 bits per heavy atom. The van der Waals surface area contributed by atoms with Gasteiger partial charge in [-0.1, -0.05) is 77.6 Å². The first-order chi connectivity index (χ1) is 29.0. The average molecular weight is 849 g/mol. The summed E-state index contributed by atoms with van der Waals surface area (Å²) in [6.07, 6.45) is 7.71. The van der Waals surface area contributed by atoms with E-state index in [2.05, 4.69) is 22.2 Å². The second-order valence-electron chi connectivity index (χ2n) is 17.9. The molecule has 0 bridgehead atoms. The van der Waals surface area contributed by atoms with Gasteiger partial charge in [0.05, 0.1) is 28.2 Å². The molecule has 10 nitrogen and oxygen atoms in total. The molecule has 1 saturated heterocycles. The molecule has 2 aromatic carbocycles. The number of carbonyl (C=O) groups is 3. The Balaban J connectivity index is 1.13. The predicted octanol–water partition coefficient (Wildman–Crippen LogP) is 9.79. The van der Waals surface area contributed by atoms with E-state index in [1.165, 1.54) is 6.07 Å². The van der Waals surface area contributed by atoms with Gasteiger partial charge < -0.3 is 15.3 Å². The molecule has 1 fully saturated rings. The minimum Gasteiger partial charge on any atom is -0.391 e. The number of pyridine rings is 1. The summed E-state index contributed by atoms with van der Waals surface area (Å²) in [4.78, 5) is 62.3. The maximum atomic E-state index is 15.1. The Labute approximate surface area is 363 Å². The summed E-state index contributed by atoms with van der Waals surface area (Å²) < 4.78 is 15.1. The number of carbonyl (C=O) groups excluding carboxylic acids is 3. The topological polar surface area (TPSA) is 138 Å². The first kappa shape index (κ1) is 45.6. The zero-order chi connectivity index (χ0) is 44.0. The van der Waals surface area contributed by atoms with Crippen LogP contribution in [-0.4, -0.2) is 66.2 Å². The molecule has 61 heavy (non-hydrogen) atoms. The monoisotopic (exact) mass is 848 g/mol. The van der Waals surface area contributed by atoms with Crippen molar-refractivity contribution in [3.63, 3.8) is 0 Å². The quantitative estimate of drug-likeness (QED) is 0.0883. The van der Waals surface area contributed by atoms with Crippen LogP contribution in [0.4, 0.5) is 4.39 Å². The highest BCUT2D eigenvalue weighted by molar-refractivity contribution is 7.13. The van der Waals surface area contributed by atoms with Gasteiger partial charge in [0.25, 0.3) is 0 Å². The summed E-state index contributed by atoms with van der Waals surface area (Å²) >= 11 is 1.59. The number of fused-ring (bicyclic) bond motifs is 1. The minimum absolute atomic E-state index is 0.0455. The van der Waals surface area contributed by atoms with E-state index in [0.717, 1.165) is 81.6 Å². The molecule has 2 amide bonds. The lowest BCUT2D eigenvalue weighted by atomic mass is 9.77. The molecule has 0 spiro atoms. The van der Waals surface area contributed by atoms with Gasteiger partial charge >= 0.3 is 0 Å². The molecule has 0 radical (unpaired) electrons. The lowest BCUT2D eigenvalue weighted by molar-refractivity contribution is -0.145. The fourth-order valence-corrected chi connectivity index (χ4v) is 9.26. The van der Waals surface area contributed by atoms with Crippen LogP contribution in [0.15, 0.2) is 54.2 Å². The van der Waals surface area contributed by atoms with Gasteiger partial charge in [-0.15, -0.1) is 11.3 Å². The summed E-state index contributed by atoms with van der Waals surface area (Å²) in [5.74, 6) is -0.731. The van der Waals surface area contributed by atoms with Crippen molar-refractivity contribution in [3.05, 3.63) is 93.9 Å². The molecule has 6 rings (SSSR count). The third kappa shape index (κ3) is 11.1. The Morgan fingerprint density at radius 2 is 1.70 bits per heavy atom. The summed E-state index contributed by atoms with van der Waals surface area (Å²) in [7, 11) is 0. The molecule has 12 heteroatoms. The van der Waals surface area contributed by atoms with Crippen molar-refractivity contribution in [1.29, 1.82) is 0 Å². The maximum Gasteiger partial charge on any atom is 0.243 e. The summed E-state index contributed by atoms with van der Waals surface area (Å²) in [6.45, 7) is 15.9. The van der Waals surface area contributed by atoms with Gasteiger partial charge in [-0.2, -0.15) is 0 Å². The van der Waals surface area contributed by atoms with E-state index in [1.807, 2.05) is 84.3 Å². The number of β-amino-alcohol motifs (C(OH)–C–C–N with tert-alkyl or cyclic N) is 1. The van der Waals surface area contributed by atoms with E-state index in [9.17, 15) is 19.5 Å². The number of hydrogen-bond donors (Lipinski definition) is 2. The first-order valence-corrected chi connectivity index (χ1v) is 22.7. The van der Waals surface area contributed by atoms with Gasteiger partial charge in [0.2, 0.25) is 11.8 Å². The largest absolute Gasteiger partial charge is 0.391 e. The molecule has 0 unspecified atom stereocenters. The number of aliphatic hydroxyl groups is 1. The van der Waals surface area contributed by atoms with Crippen molar-refractivity contribution in [2.45, 2.75) is 138 Å². The van der Waals surface area contributed by atoms with Crippen LogP contribution in [-0.2, 0) is 27.2 Å². The lowest BCUT2D eigenvalue weighted by Gasteiger charge is -2.35. The number of aryl methyl sites for hydroxylation is 4. The first-order valence-electron chi connectivity index (χ1n) is 21.8. The van der Waals surface area contributed by atoms with Crippen molar-refractivity contribution >= 4 is 40.0 Å². The van der Waals surface area contributed by atoms with Crippen molar-refractivity contribution in [3.8, 4) is 21.6 Å². The Morgan fingerprint density at radius 3 is 2.39 bits per heavy atom. The zero-order valence-corrected chi connectivity index (χ0v) is 37.8. The van der Waals surface area contributed by atoms with E-state index in [1.54, 1.807) is 28.5 Å². The number of Topliss-reactive ketones (excluding diaryl/α,β-unsaturated/α-hetero) is 1. The van der Waals surface area contributed by atoms with Gasteiger partial charge in [0.15, 0.2) is 5.65 Å². The molecule has 2 N–H and O–H groups in total. The van der Waals surface area contributed by atoms with E-state index in [0.29, 0.717) is 36.3 Å². The fraction of sp³-hybridized carbons (Fsp3) is 0.490. The Kier molecular flexibility index (Phi) is 14.8. The molecule has 3 aromatic heterocycles. The number of aliphatic hydroxyl groups excluding tert-OH is 1. The van der Waals surface area contributed by atoms with Crippen LogP contribution in [0.1, 0.15) is 126 Å². The number of hydrogen-bond acceptors (Lipinski definition) is 9. The van der Waals surface area contributed by atoms with Gasteiger partial charge in [0.1, 0.15) is 23.5 Å². The van der Waals surface area contributed by atoms with E-state index in [4.69, 9.17) is 9.97 Å². The van der Waals surface area contributed by atoms with Crippen LogP contribution >= 0.6 is 11.3 Å². The average Bonchev–Trinajstić information content (AvgIpc) is 3.83. The molecular formula is C49H61FN6O4S. The van der Waals surface area contributed by atoms with E-state index >= 15 is 4.39 Å². The highest BCUT2D eigenvalue weighted by atomic mass is 32.1. The highest BCUT2D eigenvalue weighted by Crippen LogP contribution is 2.35. The van der Waals surface area contributed by atoms with Crippen molar-refractivity contribution in [2.24, 2.45) is 11.3 Å². The molecule has 0 aliphatic carbocycles. The summed E-state index contributed by atoms with van der Waals surface area (Å²) in [6, 6.07) is 12.2. The summed E-state index contributed by atoms with van der Waals surface area (Å²) in [5, 5.41) is 14.6. The molecule has 0 saturated carbocycles. The van der Waals surface area contributed by atoms with Crippen molar-refractivity contribution in [2.75, 3.05) is 6.54 Å². The lowest BCUT2D eigenvalue weighted by Crippen LogP contribution is -2.50. The SMILES string of the molecule is CCCCCCCC(=O)Cc1cc(-c2cc3cnc(CC[C@@H](C(=O)N4C[C@H](O)C[C@H]4C(=O)N[C@@H](C)c4ccc(-c5scnc5C)cc4)C(C)(C)C)nc3nc2C)c(C)cc1F. The van der Waals surface area contributed by atoms with Gasteiger partial charge in [-0.3, -0.25) is 14.4 Å². The van der Waals surface area contributed by atoms with Crippen molar-refractivity contribution in [1.82, 2.24) is 30.2 Å². The van der Waals surface area contributed by atoms with Crippen LogP contribution < -0.4 is 5.32 Å². The number of likely N-dealkylation sites (tertiary alicyclic amines) is 1. The number of rotatable bonds is 17. The third-order valence-corrected chi connectivity index (χ3v) is 13.1. The van der Waals surface area contributed by atoms with Gasteiger partial charge in [-0.25, -0.2) is 24.3 Å². The number of nitrogens with one attached hydrogen (secondary N) is 1. The second kappa shape index (κ2) is 19.8. The number of nitrogens with zero attached hydrogens (tertiary/aromatic N) is 5. The van der Waals surface area contributed by atoms with Gasteiger partial charge in [0, 0.05) is 61.0 Å². The summed E-state index contributed by atoms with van der Waals surface area (Å²) in [5.41, 5.74) is 8.39. The number of halogens is 1. The zero-order valence-electron chi connectivity index (χ0n) is 37.0. The second-order valence-corrected chi connectivity index (χ2v) is 18.8. The Bertz CT molecular complexity index is 2360. The number of unbranched alkanes of at least 4 members (excludes halogenated alkanes) is 4. The molecule has 4 heterocycles. The maximum absolute atomic E-state index is 15.1. The molecule has 1 aliphatic heterocycles. The molecular weight excluding hydrogens is 788 g/mol. The highest BCUT2D eigenvalue weighted by Gasteiger charge is 2.44. The third-order valence-electron chi connectivity index (χ3n) is 12.1. The Hall–Kier alpha value is -4.94. The normalized spacial score (nSPS) is 16.5. The fourth-order valence-electron chi connectivity index (χ4n) is 8.45. The minimum atomic E-state index is -0.807. The van der Waals surface area contributed by atoms with E-state index < -0.39 is 23.5 Å². The number of amides is 2. The van der Waals surface area contributed by atoms with Crippen LogP contribution in [0.3, 0.4) is 0 Å². The van der Waals surface area contributed by atoms with Crippen LogP contribution in [0.25, 0.3) is 32.6 Å². The molecule has 4 atom stereocenters.